The molecule has 1 aliphatic heterocycles. The van der Waals surface area contributed by atoms with E-state index < -0.39 is 34.7 Å². The first-order valence-electron chi connectivity index (χ1n) is 8.22. The van der Waals surface area contributed by atoms with Gasteiger partial charge in [0.15, 0.2) is 5.71 Å². The zero-order valence-electron chi connectivity index (χ0n) is 14.7. The summed E-state index contributed by atoms with van der Waals surface area (Å²) in [6.45, 7) is 3.09. The second-order valence-corrected chi connectivity index (χ2v) is 7.13. The molecule has 1 amide bonds. The summed E-state index contributed by atoms with van der Waals surface area (Å²) in [7, 11) is 0. The molecule has 1 unspecified atom stereocenters. The SMILES string of the molecule is CCCCCSC1=NN=C(C(F)(F)F)C1(C)N(C=O)c1ccc(F)cc1F. The van der Waals surface area contributed by atoms with Crippen molar-refractivity contribution in [1.29, 1.82) is 0 Å². The number of unbranched alkanes of at least 4 members (excludes halogenated alkanes) is 2. The van der Waals surface area contributed by atoms with Crippen molar-refractivity contribution >= 4 is 34.6 Å². The van der Waals surface area contributed by atoms with E-state index in [0.29, 0.717) is 16.7 Å². The Morgan fingerprint density at radius 1 is 1.22 bits per heavy atom. The second kappa shape index (κ2) is 8.37. The van der Waals surface area contributed by atoms with E-state index in [1.165, 1.54) is 0 Å². The Morgan fingerprint density at radius 2 is 1.93 bits per heavy atom. The fourth-order valence-corrected chi connectivity index (χ4v) is 3.83. The molecule has 0 saturated heterocycles. The Labute approximate surface area is 157 Å². The minimum Gasteiger partial charge on any atom is -0.294 e. The molecule has 2 rings (SSSR count). The highest BCUT2D eigenvalue weighted by Crippen LogP contribution is 2.40. The van der Waals surface area contributed by atoms with Gasteiger partial charge in [0.2, 0.25) is 6.41 Å². The van der Waals surface area contributed by atoms with Gasteiger partial charge in [-0.25, -0.2) is 8.78 Å². The molecule has 0 spiro atoms. The van der Waals surface area contributed by atoms with Crippen molar-refractivity contribution in [1.82, 2.24) is 0 Å². The number of carbonyl (C=O) groups excluding carboxylic acids is 1. The van der Waals surface area contributed by atoms with Gasteiger partial charge >= 0.3 is 6.18 Å². The lowest BCUT2D eigenvalue weighted by atomic mass is 9.94. The molecule has 0 aromatic heterocycles. The first kappa shape index (κ1) is 21.3. The van der Waals surface area contributed by atoms with Crippen LogP contribution in [0.25, 0.3) is 0 Å². The fraction of sp³-hybridized carbons (Fsp3) is 0.471. The summed E-state index contributed by atoms with van der Waals surface area (Å²) in [5, 5.41) is 6.80. The summed E-state index contributed by atoms with van der Waals surface area (Å²) in [5.41, 5.74) is -3.96. The van der Waals surface area contributed by atoms with Gasteiger partial charge in [-0.2, -0.15) is 13.2 Å². The van der Waals surface area contributed by atoms with Crippen LogP contribution >= 0.6 is 11.8 Å². The van der Waals surface area contributed by atoms with Crippen LogP contribution < -0.4 is 4.90 Å². The van der Waals surface area contributed by atoms with E-state index in [1.54, 1.807) is 0 Å². The normalized spacial score (nSPS) is 19.7. The van der Waals surface area contributed by atoms with Crippen LogP contribution in [0.3, 0.4) is 0 Å². The predicted molar refractivity (Wildman–Crippen MR) is 96.2 cm³/mol. The third-order valence-corrected chi connectivity index (χ3v) is 5.38. The Morgan fingerprint density at radius 3 is 2.48 bits per heavy atom. The maximum atomic E-state index is 14.2. The zero-order valence-corrected chi connectivity index (χ0v) is 15.5. The molecule has 10 heteroatoms. The fourth-order valence-electron chi connectivity index (χ4n) is 2.71. The van der Waals surface area contributed by atoms with Gasteiger partial charge in [0, 0.05) is 6.07 Å². The molecule has 1 heterocycles. The van der Waals surface area contributed by atoms with E-state index in [4.69, 9.17) is 0 Å². The molecule has 0 aliphatic carbocycles. The Balaban J connectivity index is 2.46. The van der Waals surface area contributed by atoms with Crippen LogP contribution in [0.4, 0.5) is 27.6 Å². The van der Waals surface area contributed by atoms with Crippen LogP contribution in [0.5, 0.6) is 0 Å². The van der Waals surface area contributed by atoms with Gasteiger partial charge in [0.25, 0.3) is 0 Å². The van der Waals surface area contributed by atoms with Gasteiger partial charge in [-0.05, 0) is 31.2 Å². The van der Waals surface area contributed by atoms with Crippen molar-refractivity contribution in [2.45, 2.75) is 44.8 Å². The smallest absolute Gasteiger partial charge is 0.294 e. The maximum absolute atomic E-state index is 14.2. The van der Waals surface area contributed by atoms with Crippen LogP contribution in [0.2, 0.25) is 0 Å². The highest BCUT2D eigenvalue weighted by Gasteiger charge is 2.57. The first-order valence-corrected chi connectivity index (χ1v) is 9.21. The molecule has 1 aliphatic rings. The summed E-state index contributed by atoms with van der Waals surface area (Å²) in [6, 6.07) is 2.28. The number of amides is 1. The number of carbonyl (C=O) groups is 1. The number of alkyl halides is 3. The largest absolute Gasteiger partial charge is 0.434 e. The van der Waals surface area contributed by atoms with Crippen molar-refractivity contribution in [2.24, 2.45) is 10.2 Å². The number of benzene rings is 1. The lowest BCUT2D eigenvalue weighted by Gasteiger charge is -2.37. The number of hydrogen-bond donors (Lipinski definition) is 0. The monoisotopic (exact) mass is 407 g/mol. The average molecular weight is 407 g/mol. The van der Waals surface area contributed by atoms with Crippen LogP contribution in [-0.4, -0.2) is 34.6 Å². The summed E-state index contributed by atoms with van der Waals surface area (Å²) < 4.78 is 68.0. The van der Waals surface area contributed by atoms with Gasteiger partial charge in [0.1, 0.15) is 22.2 Å². The number of thioether (sulfide) groups is 1. The number of halogens is 5. The van der Waals surface area contributed by atoms with E-state index in [0.717, 1.165) is 50.1 Å². The molecule has 1 aromatic rings. The summed E-state index contributed by atoms with van der Waals surface area (Å²) >= 11 is 1.04. The van der Waals surface area contributed by atoms with Gasteiger partial charge < -0.3 is 0 Å². The Hall–Kier alpha value is -1.97. The van der Waals surface area contributed by atoms with Crippen molar-refractivity contribution in [3.8, 4) is 0 Å². The van der Waals surface area contributed by atoms with Gasteiger partial charge in [-0.1, -0.05) is 19.8 Å². The molecule has 4 nitrogen and oxygen atoms in total. The third-order valence-electron chi connectivity index (χ3n) is 4.13. The lowest BCUT2D eigenvalue weighted by molar-refractivity contribution is -0.108. The Bertz CT molecular complexity index is 765. The van der Waals surface area contributed by atoms with Crippen LogP contribution in [0.15, 0.2) is 28.4 Å². The lowest BCUT2D eigenvalue weighted by Crippen LogP contribution is -2.59. The summed E-state index contributed by atoms with van der Waals surface area (Å²) in [6.07, 6.45) is -2.26. The molecule has 27 heavy (non-hydrogen) atoms. The van der Waals surface area contributed by atoms with E-state index in [9.17, 15) is 26.7 Å². The molecule has 0 fully saturated rings. The van der Waals surface area contributed by atoms with Crippen molar-refractivity contribution in [2.75, 3.05) is 10.7 Å². The molecule has 0 saturated carbocycles. The van der Waals surface area contributed by atoms with E-state index in [1.807, 2.05) is 6.92 Å². The summed E-state index contributed by atoms with van der Waals surface area (Å²) in [4.78, 5) is 12.3. The quantitative estimate of drug-likeness (QED) is 0.365. The van der Waals surface area contributed by atoms with Gasteiger partial charge in [-0.15, -0.1) is 22.0 Å². The highest BCUT2D eigenvalue weighted by atomic mass is 32.2. The van der Waals surface area contributed by atoms with Crippen LogP contribution in [0.1, 0.15) is 33.1 Å². The standard InChI is InChI=1S/C17H18F5N3OS/c1-3-4-5-8-27-15-16(2,14(23-24-15)17(20,21)22)25(10-26)13-7-6-11(18)9-12(13)19/h6-7,9-10H,3-5,8H2,1-2H3. The number of rotatable bonds is 7. The van der Waals surface area contributed by atoms with E-state index in [-0.39, 0.29) is 11.5 Å². The minimum absolute atomic E-state index is 0.0678. The van der Waals surface area contributed by atoms with Crippen molar-refractivity contribution in [3.63, 3.8) is 0 Å². The third kappa shape index (κ3) is 4.31. The topological polar surface area (TPSA) is 45.0 Å². The van der Waals surface area contributed by atoms with Crippen LogP contribution in [-0.2, 0) is 4.79 Å². The van der Waals surface area contributed by atoms with Crippen molar-refractivity contribution in [3.05, 3.63) is 29.8 Å². The molecule has 1 aromatic carbocycles. The molecule has 1 atom stereocenters. The highest BCUT2D eigenvalue weighted by molar-refractivity contribution is 8.14. The molecule has 0 bridgehead atoms. The summed E-state index contributed by atoms with van der Waals surface area (Å²) in [5.74, 6) is -1.60. The number of nitrogens with zero attached hydrogens (tertiary/aromatic N) is 3. The van der Waals surface area contributed by atoms with E-state index in [2.05, 4.69) is 10.2 Å². The number of anilines is 1. The zero-order chi connectivity index (χ0) is 20.2. The first-order chi connectivity index (χ1) is 12.7. The molecule has 0 N–H and O–H groups in total. The number of hydrogen-bond acceptors (Lipinski definition) is 4. The Kier molecular flexibility index (Phi) is 6.61. The predicted octanol–water partition coefficient (Wildman–Crippen LogP) is 4.94. The van der Waals surface area contributed by atoms with E-state index >= 15 is 0 Å². The molecular weight excluding hydrogens is 389 g/mol. The minimum atomic E-state index is -4.89. The molecule has 0 radical (unpaired) electrons. The van der Waals surface area contributed by atoms with Gasteiger partial charge in [0.05, 0.1) is 5.69 Å². The molecular formula is C17H18F5N3OS. The maximum Gasteiger partial charge on any atom is 0.434 e. The van der Waals surface area contributed by atoms with Gasteiger partial charge in [-0.3, -0.25) is 9.69 Å². The second-order valence-electron chi connectivity index (χ2n) is 6.05. The van der Waals surface area contributed by atoms with Crippen LogP contribution in [0, 0.1) is 11.6 Å². The van der Waals surface area contributed by atoms with Crippen molar-refractivity contribution < 1.29 is 26.7 Å². The average Bonchev–Trinajstić information content (AvgIpc) is 2.92. The molecule has 148 valence electrons.